The van der Waals surface area contributed by atoms with Gasteiger partial charge in [0.2, 0.25) is 0 Å². The Labute approximate surface area is 96.8 Å². The van der Waals surface area contributed by atoms with E-state index in [0.717, 1.165) is 5.69 Å². The molecule has 0 aliphatic rings. The maximum atomic E-state index is 11.8. The highest BCUT2D eigenvalue weighted by atomic mass is 35.5. The lowest BCUT2D eigenvalue weighted by Gasteiger charge is -2.03. The molecule has 0 fully saturated rings. The molecule has 2 aromatic rings. The molecule has 2 rings (SSSR count). The number of amides is 1. The molecule has 2 aromatic heterocycles. The molecule has 0 aromatic carbocycles. The number of nitrogens with zero attached hydrogens (tertiary/aromatic N) is 2. The number of aryl methyl sites for hydroxylation is 1. The molecule has 6 heteroatoms. The number of H-pyrrole nitrogens is 1. The molecule has 0 unspecified atom stereocenters. The summed E-state index contributed by atoms with van der Waals surface area (Å²) < 4.78 is 0. The molecule has 5 nitrogen and oxygen atoms in total. The van der Waals surface area contributed by atoms with Crippen molar-refractivity contribution >= 4 is 23.2 Å². The first-order valence-corrected chi connectivity index (χ1v) is 4.97. The van der Waals surface area contributed by atoms with E-state index in [-0.39, 0.29) is 5.91 Å². The normalized spacial score (nSPS) is 10.1. The van der Waals surface area contributed by atoms with Crippen molar-refractivity contribution < 1.29 is 4.79 Å². The summed E-state index contributed by atoms with van der Waals surface area (Å²) in [6.45, 7) is 1.78. The monoisotopic (exact) mass is 236 g/mol. The van der Waals surface area contributed by atoms with E-state index in [2.05, 4.69) is 20.5 Å². The highest BCUT2D eigenvalue weighted by molar-refractivity contribution is 6.29. The molecule has 0 atom stereocenters. The molecular weight excluding hydrogens is 228 g/mol. The van der Waals surface area contributed by atoms with Crippen LogP contribution in [0.25, 0.3) is 0 Å². The highest BCUT2D eigenvalue weighted by Gasteiger charge is 2.10. The standard InChI is InChI=1S/C10H9ClN4O/c1-6-8(5-13-15-6)10(16)14-7-2-3-12-9(11)4-7/h2-5H,1H3,(H,13,15)(H,12,14,16). The number of carbonyl (C=O) groups excluding carboxylic acids is 1. The maximum absolute atomic E-state index is 11.8. The molecule has 0 aliphatic heterocycles. The number of aromatic nitrogens is 3. The minimum absolute atomic E-state index is 0.228. The van der Waals surface area contributed by atoms with Crippen LogP contribution in [0.3, 0.4) is 0 Å². The second kappa shape index (κ2) is 4.32. The van der Waals surface area contributed by atoms with Gasteiger partial charge in [0, 0.05) is 17.6 Å². The van der Waals surface area contributed by atoms with E-state index in [4.69, 9.17) is 11.6 Å². The summed E-state index contributed by atoms with van der Waals surface area (Å²) in [6, 6.07) is 3.24. The SMILES string of the molecule is Cc1[nH]ncc1C(=O)Nc1ccnc(Cl)c1. The fourth-order valence-electron chi connectivity index (χ4n) is 1.26. The summed E-state index contributed by atoms with van der Waals surface area (Å²) in [5.41, 5.74) is 1.83. The van der Waals surface area contributed by atoms with Gasteiger partial charge in [-0.15, -0.1) is 0 Å². The van der Waals surface area contributed by atoms with Crippen LogP contribution in [-0.2, 0) is 0 Å². The Morgan fingerprint density at radius 3 is 3.00 bits per heavy atom. The predicted molar refractivity (Wildman–Crippen MR) is 60.5 cm³/mol. The number of pyridine rings is 1. The van der Waals surface area contributed by atoms with Gasteiger partial charge in [0.05, 0.1) is 11.8 Å². The van der Waals surface area contributed by atoms with Gasteiger partial charge in [-0.1, -0.05) is 11.6 Å². The molecule has 2 heterocycles. The maximum Gasteiger partial charge on any atom is 0.259 e. The van der Waals surface area contributed by atoms with Crippen LogP contribution in [-0.4, -0.2) is 21.1 Å². The molecule has 0 saturated heterocycles. The van der Waals surface area contributed by atoms with Gasteiger partial charge in [0.25, 0.3) is 5.91 Å². The average Bonchev–Trinajstić information content (AvgIpc) is 2.64. The number of aromatic amines is 1. The Kier molecular flexibility index (Phi) is 2.87. The zero-order chi connectivity index (χ0) is 11.5. The Morgan fingerprint density at radius 2 is 2.38 bits per heavy atom. The van der Waals surface area contributed by atoms with Gasteiger partial charge in [-0.3, -0.25) is 9.89 Å². The largest absolute Gasteiger partial charge is 0.322 e. The molecule has 0 saturated carbocycles. The first kappa shape index (κ1) is 10.6. The van der Waals surface area contributed by atoms with Crippen molar-refractivity contribution in [3.8, 4) is 0 Å². The summed E-state index contributed by atoms with van der Waals surface area (Å²) in [6.07, 6.45) is 3.01. The Balaban J connectivity index is 2.17. The number of carbonyl (C=O) groups is 1. The number of nitrogens with one attached hydrogen (secondary N) is 2. The summed E-state index contributed by atoms with van der Waals surface area (Å²) in [5, 5.41) is 9.51. The van der Waals surface area contributed by atoms with Gasteiger partial charge < -0.3 is 5.32 Å². The average molecular weight is 237 g/mol. The van der Waals surface area contributed by atoms with Crippen molar-refractivity contribution in [1.82, 2.24) is 15.2 Å². The van der Waals surface area contributed by atoms with Gasteiger partial charge >= 0.3 is 0 Å². The molecule has 16 heavy (non-hydrogen) atoms. The van der Waals surface area contributed by atoms with Crippen molar-refractivity contribution in [1.29, 1.82) is 0 Å². The molecule has 1 amide bonds. The van der Waals surface area contributed by atoms with Gasteiger partial charge in [-0.2, -0.15) is 5.10 Å². The molecule has 0 radical (unpaired) electrons. The first-order chi connectivity index (χ1) is 7.66. The number of rotatable bonds is 2. The van der Waals surface area contributed by atoms with E-state index in [0.29, 0.717) is 16.4 Å². The minimum Gasteiger partial charge on any atom is -0.322 e. The number of anilines is 1. The Bertz CT molecular complexity index is 523. The summed E-state index contributed by atoms with van der Waals surface area (Å²) in [4.78, 5) is 15.6. The lowest BCUT2D eigenvalue weighted by Crippen LogP contribution is -2.12. The van der Waals surface area contributed by atoms with Gasteiger partial charge in [-0.25, -0.2) is 4.98 Å². The lowest BCUT2D eigenvalue weighted by molar-refractivity contribution is 0.102. The van der Waals surface area contributed by atoms with Crippen molar-refractivity contribution in [3.63, 3.8) is 0 Å². The van der Waals surface area contributed by atoms with Gasteiger partial charge in [0.1, 0.15) is 5.15 Å². The number of hydrogen-bond donors (Lipinski definition) is 2. The third-order valence-corrected chi connectivity index (χ3v) is 2.27. The number of hydrogen-bond acceptors (Lipinski definition) is 3. The van der Waals surface area contributed by atoms with Crippen LogP contribution in [0.5, 0.6) is 0 Å². The summed E-state index contributed by atoms with van der Waals surface area (Å²) >= 11 is 5.70. The van der Waals surface area contributed by atoms with Crippen LogP contribution < -0.4 is 5.32 Å². The second-order valence-corrected chi connectivity index (χ2v) is 3.62. The van der Waals surface area contributed by atoms with Crippen LogP contribution >= 0.6 is 11.6 Å². The third kappa shape index (κ3) is 2.20. The van der Waals surface area contributed by atoms with Crippen molar-refractivity contribution in [2.45, 2.75) is 6.92 Å². The molecule has 0 bridgehead atoms. The Hall–Kier alpha value is -1.88. The smallest absolute Gasteiger partial charge is 0.259 e. The van der Waals surface area contributed by atoms with Gasteiger partial charge in [-0.05, 0) is 19.1 Å². The third-order valence-electron chi connectivity index (χ3n) is 2.06. The Morgan fingerprint density at radius 1 is 1.56 bits per heavy atom. The van der Waals surface area contributed by atoms with Crippen molar-refractivity contribution in [2.24, 2.45) is 0 Å². The zero-order valence-corrected chi connectivity index (χ0v) is 9.25. The summed E-state index contributed by atoms with van der Waals surface area (Å²) in [7, 11) is 0. The van der Waals surface area contributed by atoms with E-state index in [1.165, 1.54) is 12.4 Å². The van der Waals surface area contributed by atoms with E-state index in [9.17, 15) is 4.79 Å². The van der Waals surface area contributed by atoms with E-state index >= 15 is 0 Å². The predicted octanol–water partition coefficient (Wildman–Crippen LogP) is 2.02. The van der Waals surface area contributed by atoms with Gasteiger partial charge in [0.15, 0.2) is 0 Å². The van der Waals surface area contributed by atoms with Crippen molar-refractivity contribution in [3.05, 3.63) is 40.9 Å². The van der Waals surface area contributed by atoms with Crippen LogP contribution in [0, 0.1) is 6.92 Å². The molecule has 0 spiro atoms. The fraction of sp³-hybridized carbons (Fsp3) is 0.100. The van der Waals surface area contributed by atoms with Crippen LogP contribution in [0.2, 0.25) is 5.15 Å². The topological polar surface area (TPSA) is 70.7 Å². The quantitative estimate of drug-likeness (QED) is 0.784. The minimum atomic E-state index is -0.228. The highest BCUT2D eigenvalue weighted by Crippen LogP contribution is 2.13. The van der Waals surface area contributed by atoms with Crippen LogP contribution in [0.15, 0.2) is 24.5 Å². The van der Waals surface area contributed by atoms with Crippen molar-refractivity contribution in [2.75, 3.05) is 5.32 Å². The lowest BCUT2D eigenvalue weighted by atomic mass is 10.2. The number of halogens is 1. The molecule has 82 valence electrons. The molecule has 0 aliphatic carbocycles. The zero-order valence-electron chi connectivity index (χ0n) is 8.49. The van der Waals surface area contributed by atoms with Crippen LogP contribution in [0.1, 0.15) is 16.1 Å². The van der Waals surface area contributed by atoms with E-state index < -0.39 is 0 Å². The van der Waals surface area contributed by atoms with E-state index in [1.54, 1.807) is 19.1 Å². The molecular formula is C10H9ClN4O. The first-order valence-electron chi connectivity index (χ1n) is 4.59. The second-order valence-electron chi connectivity index (χ2n) is 3.23. The molecule has 2 N–H and O–H groups in total. The fourth-order valence-corrected chi connectivity index (χ4v) is 1.43. The summed E-state index contributed by atoms with van der Waals surface area (Å²) in [5.74, 6) is -0.228. The van der Waals surface area contributed by atoms with Crippen LogP contribution in [0.4, 0.5) is 5.69 Å². The van der Waals surface area contributed by atoms with E-state index in [1.807, 2.05) is 0 Å².